The second-order valence-electron chi connectivity index (χ2n) is 6.90. The Morgan fingerprint density at radius 1 is 1.30 bits per heavy atom. The molecule has 0 radical (unpaired) electrons. The molecule has 2 aliphatic rings. The van der Waals surface area contributed by atoms with Gasteiger partial charge in [0.1, 0.15) is 17.6 Å². The predicted molar refractivity (Wildman–Crippen MR) is 101 cm³/mol. The van der Waals surface area contributed by atoms with Crippen LogP contribution in [0, 0.1) is 6.92 Å². The highest BCUT2D eigenvalue weighted by molar-refractivity contribution is 5.85. The minimum absolute atomic E-state index is 0.177. The van der Waals surface area contributed by atoms with Crippen molar-refractivity contribution in [2.75, 3.05) is 13.1 Å². The lowest BCUT2D eigenvalue weighted by atomic mass is 10.0. The second-order valence-corrected chi connectivity index (χ2v) is 6.90. The molecule has 0 spiro atoms. The Bertz CT molecular complexity index is 1040. The maximum absolute atomic E-state index is 10.5. The number of hydrogen-bond acceptors (Lipinski definition) is 6. The van der Waals surface area contributed by atoms with E-state index < -0.39 is 6.29 Å². The maximum Gasteiger partial charge on any atom is 0.234 e. The summed E-state index contributed by atoms with van der Waals surface area (Å²) in [5.74, 6) is 1.95. The molecule has 27 heavy (non-hydrogen) atoms. The fraction of sp³-hybridized carbons (Fsp3) is 0.300. The molecule has 3 aromatic rings. The van der Waals surface area contributed by atoms with Gasteiger partial charge in [0.05, 0.1) is 5.69 Å². The Balaban J connectivity index is 1.47. The molecule has 138 valence electrons. The third kappa shape index (κ3) is 3.05. The van der Waals surface area contributed by atoms with Crippen LogP contribution >= 0.6 is 0 Å². The van der Waals surface area contributed by atoms with Gasteiger partial charge in [-0.2, -0.15) is 0 Å². The Morgan fingerprint density at radius 2 is 2.22 bits per heavy atom. The summed E-state index contributed by atoms with van der Waals surface area (Å²) in [6.07, 6.45) is 5.73. The summed E-state index contributed by atoms with van der Waals surface area (Å²) >= 11 is 0. The highest BCUT2D eigenvalue weighted by Crippen LogP contribution is 2.36. The number of nitrogens with zero attached hydrogens (tertiary/aromatic N) is 3. The van der Waals surface area contributed by atoms with Crippen molar-refractivity contribution in [3.05, 3.63) is 53.6 Å². The number of imidazole rings is 1. The van der Waals surface area contributed by atoms with Crippen molar-refractivity contribution in [2.24, 2.45) is 0 Å². The molecule has 2 aromatic heterocycles. The molecule has 1 aromatic carbocycles. The monoisotopic (exact) mass is 364 g/mol. The highest BCUT2D eigenvalue weighted by atomic mass is 16.6. The fourth-order valence-corrected chi connectivity index (χ4v) is 3.45. The molecule has 0 bridgehead atoms. The van der Waals surface area contributed by atoms with Crippen LogP contribution in [0.5, 0.6) is 11.5 Å². The standard InChI is InChI=1S/C20H20N4O3/c1-12-5-7-24-11-17(23-20(24)22-12)16-8-13-2-3-14(9-18(13)27-19(16)25)26-15-4-6-21-10-15/h2-3,5,7-9,11,15,19,21,25H,4,6,10H2,1H3/t15-,19?/m1/s1. The molecular formula is C20H20N4O3. The molecule has 0 amide bonds. The summed E-state index contributed by atoms with van der Waals surface area (Å²) in [4.78, 5) is 8.92. The number of aromatic nitrogens is 3. The van der Waals surface area contributed by atoms with Crippen LogP contribution in [0.4, 0.5) is 0 Å². The Labute approximate surface area is 156 Å². The maximum atomic E-state index is 10.5. The van der Waals surface area contributed by atoms with Crippen LogP contribution in [0.25, 0.3) is 17.4 Å². The van der Waals surface area contributed by atoms with Gasteiger partial charge < -0.3 is 19.9 Å². The lowest BCUT2D eigenvalue weighted by Crippen LogP contribution is -2.22. The van der Waals surface area contributed by atoms with E-state index in [1.807, 2.05) is 54.1 Å². The van der Waals surface area contributed by atoms with Gasteiger partial charge in [0.25, 0.3) is 0 Å². The van der Waals surface area contributed by atoms with E-state index in [-0.39, 0.29) is 6.10 Å². The minimum atomic E-state index is -1.09. The third-order valence-corrected chi connectivity index (χ3v) is 4.88. The lowest BCUT2D eigenvalue weighted by molar-refractivity contribution is 0.0315. The SMILES string of the molecule is Cc1ccn2cc(C3=Cc4ccc(O[C@@H]5CCNC5)cc4OC3O)nc2n1. The first-order chi connectivity index (χ1) is 13.2. The molecule has 1 unspecified atom stereocenters. The Kier molecular flexibility index (Phi) is 3.84. The third-order valence-electron chi connectivity index (χ3n) is 4.88. The minimum Gasteiger partial charge on any atom is -0.489 e. The molecule has 1 fully saturated rings. The van der Waals surface area contributed by atoms with Crippen molar-refractivity contribution in [3.8, 4) is 11.5 Å². The van der Waals surface area contributed by atoms with Crippen LogP contribution in [0.3, 0.4) is 0 Å². The molecule has 7 heteroatoms. The van der Waals surface area contributed by atoms with Crippen LogP contribution in [0.15, 0.2) is 36.7 Å². The van der Waals surface area contributed by atoms with Crippen LogP contribution < -0.4 is 14.8 Å². The van der Waals surface area contributed by atoms with Crippen molar-refractivity contribution < 1.29 is 14.6 Å². The number of fused-ring (bicyclic) bond motifs is 2. The molecule has 7 nitrogen and oxygen atoms in total. The number of hydrogen-bond donors (Lipinski definition) is 2. The number of aliphatic hydroxyl groups is 1. The van der Waals surface area contributed by atoms with E-state index in [1.54, 1.807) is 0 Å². The molecule has 2 N–H and O–H groups in total. The van der Waals surface area contributed by atoms with Crippen LogP contribution in [0.2, 0.25) is 0 Å². The van der Waals surface area contributed by atoms with Gasteiger partial charge in [-0.05, 0) is 44.2 Å². The summed E-state index contributed by atoms with van der Waals surface area (Å²) in [6, 6.07) is 7.62. The Morgan fingerprint density at radius 3 is 3.07 bits per heavy atom. The summed E-state index contributed by atoms with van der Waals surface area (Å²) in [5, 5.41) is 13.8. The van der Waals surface area contributed by atoms with Crippen LogP contribution in [-0.2, 0) is 0 Å². The molecule has 4 heterocycles. The van der Waals surface area contributed by atoms with Crippen molar-refractivity contribution in [1.82, 2.24) is 19.7 Å². The largest absolute Gasteiger partial charge is 0.489 e. The molecule has 1 saturated heterocycles. The summed E-state index contributed by atoms with van der Waals surface area (Å²) in [7, 11) is 0. The Hall–Kier alpha value is -2.90. The van der Waals surface area contributed by atoms with Gasteiger partial charge in [0, 0.05) is 41.8 Å². The summed E-state index contributed by atoms with van der Waals surface area (Å²) in [5.41, 5.74) is 3.03. The zero-order valence-corrected chi connectivity index (χ0v) is 14.9. The van der Waals surface area contributed by atoms with Gasteiger partial charge in [0.15, 0.2) is 0 Å². The number of aryl methyl sites for hydroxylation is 1. The predicted octanol–water partition coefficient (Wildman–Crippen LogP) is 2.03. The van der Waals surface area contributed by atoms with Gasteiger partial charge in [-0.3, -0.25) is 4.40 Å². The summed E-state index contributed by atoms with van der Waals surface area (Å²) < 4.78 is 13.5. The van der Waals surface area contributed by atoms with E-state index in [2.05, 4.69) is 15.3 Å². The van der Waals surface area contributed by atoms with Gasteiger partial charge >= 0.3 is 0 Å². The smallest absolute Gasteiger partial charge is 0.234 e. The van der Waals surface area contributed by atoms with Crippen molar-refractivity contribution in [1.29, 1.82) is 0 Å². The van der Waals surface area contributed by atoms with Gasteiger partial charge in [0.2, 0.25) is 12.1 Å². The lowest BCUT2D eigenvalue weighted by Gasteiger charge is -2.23. The molecule has 2 aliphatic heterocycles. The molecule has 0 saturated carbocycles. The summed E-state index contributed by atoms with van der Waals surface area (Å²) in [6.45, 7) is 3.75. The van der Waals surface area contributed by atoms with E-state index in [0.717, 1.165) is 36.5 Å². The van der Waals surface area contributed by atoms with Gasteiger partial charge in [-0.25, -0.2) is 9.97 Å². The van der Waals surface area contributed by atoms with E-state index in [1.165, 1.54) is 0 Å². The van der Waals surface area contributed by atoms with Gasteiger partial charge in [-0.15, -0.1) is 0 Å². The first-order valence-electron chi connectivity index (χ1n) is 9.06. The fourth-order valence-electron chi connectivity index (χ4n) is 3.45. The van der Waals surface area contributed by atoms with Gasteiger partial charge in [-0.1, -0.05) is 0 Å². The average molecular weight is 364 g/mol. The zero-order chi connectivity index (χ0) is 18.4. The average Bonchev–Trinajstić information content (AvgIpc) is 3.30. The quantitative estimate of drug-likeness (QED) is 0.740. The molecule has 2 atom stereocenters. The van der Waals surface area contributed by atoms with Crippen molar-refractivity contribution in [3.63, 3.8) is 0 Å². The van der Waals surface area contributed by atoms with Crippen LogP contribution in [0.1, 0.15) is 23.4 Å². The van der Waals surface area contributed by atoms with E-state index in [9.17, 15) is 5.11 Å². The molecule has 0 aliphatic carbocycles. The first kappa shape index (κ1) is 16.3. The van der Waals surface area contributed by atoms with Crippen LogP contribution in [-0.4, -0.2) is 45.0 Å². The second kappa shape index (κ2) is 6.37. The van der Waals surface area contributed by atoms with Crippen molar-refractivity contribution in [2.45, 2.75) is 25.7 Å². The van der Waals surface area contributed by atoms with Crippen molar-refractivity contribution >= 4 is 17.4 Å². The number of rotatable bonds is 3. The topological polar surface area (TPSA) is 80.9 Å². The molecular weight excluding hydrogens is 344 g/mol. The number of ether oxygens (including phenoxy) is 2. The highest BCUT2D eigenvalue weighted by Gasteiger charge is 2.25. The van der Waals surface area contributed by atoms with E-state index in [4.69, 9.17) is 9.47 Å². The number of aliphatic hydroxyl groups excluding tert-OH is 1. The first-order valence-corrected chi connectivity index (χ1v) is 9.06. The normalized spacial score (nSPS) is 21.6. The number of nitrogens with one attached hydrogen (secondary N) is 1. The van der Waals surface area contributed by atoms with E-state index >= 15 is 0 Å². The zero-order valence-electron chi connectivity index (χ0n) is 14.9. The van der Waals surface area contributed by atoms with E-state index in [0.29, 0.717) is 22.8 Å². The number of benzene rings is 1. The molecule has 5 rings (SSSR count).